The maximum atomic E-state index is 5.56. The van der Waals surface area contributed by atoms with Crippen LogP contribution in [0.4, 0.5) is 0 Å². The summed E-state index contributed by atoms with van der Waals surface area (Å²) in [5.74, 6) is 0.483. The first-order valence-corrected chi connectivity index (χ1v) is 34.9. The zero-order valence-corrected chi connectivity index (χ0v) is 58.4. The molecule has 2 aliphatic heterocycles. The second-order valence-corrected chi connectivity index (χ2v) is 25.1. The van der Waals surface area contributed by atoms with Crippen molar-refractivity contribution in [2.24, 2.45) is 4.99 Å². The van der Waals surface area contributed by atoms with Gasteiger partial charge in [0.25, 0.3) is 0 Å². The van der Waals surface area contributed by atoms with Crippen LogP contribution < -0.4 is 0 Å². The Hall–Kier alpha value is -9.70. The molecule has 0 amide bonds. The lowest BCUT2D eigenvalue weighted by atomic mass is 9.83. The predicted octanol–water partition coefficient (Wildman–Crippen LogP) is 25.9. The highest BCUT2D eigenvalue weighted by molar-refractivity contribution is 6.14. The standard InChI is InChI=1S/C54H64N2.C36H29N.C2H6/c1-9-14-15-16-17-18-23-40-24-21-27-43(34-40)45-30-31-47(41(13-5)22-10-2)49(36-45)52-37-48(46-29-28-42-25-19-20-26-44(42)35-46)54-51(56(52)8)33-32-50(55-54)53(38(6)11-3)39(7)12-4;1-4-28(22-27(3)29-12-7-5-8-13-29)31-16-11-17-32(23-31)33-19-18-26(2)35(24-33)36-21-20-34(25-37-36)30-14-9-6-10-15-30;1-2/h11-12,19-21,24-37,41,51H,3,9-10,13-18,22-23H2,1-2,4-8H3;4-25H,1,3H2,2H3;1-2H3/b39-12-,53-38+;28-22+;. The predicted molar refractivity (Wildman–Crippen MR) is 416 cm³/mol. The zero-order chi connectivity index (χ0) is 67.2. The number of hydrogen-bond donors (Lipinski definition) is 0. The number of likely N-dealkylation sites (N-methyl/N-ethyl adjacent to an activating group) is 1. The number of pyridine rings is 1. The van der Waals surface area contributed by atoms with E-state index >= 15 is 0 Å². The summed E-state index contributed by atoms with van der Waals surface area (Å²) in [6.45, 7) is 32.0. The van der Waals surface area contributed by atoms with Crippen molar-refractivity contribution < 1.29 is 0 Å². The minimum Gasteiger partial charge on any atom is -0.362 e. The fourth-order valence-electron chi connectivity index (χ4n) is 13.2. The first-order valence-electron chi connectivity index (χ1n) is 34.9. The Morgan fingerprint density at radius 2 is 1.22 bits per heavy atom. The number of fused-ring (bicyclic) bond motifs is 2. The maximum Gasteiger partial charge on any atom is 0.0904 e. The van der Waals surface area contributed by atoms with E-state index in [1.807, 2.05) is 56.5 Å². The summed E-state index contributed by atoms with van der Waals surface area (Å²) in [5, 5.41) is 2.49. The van der Waals surface area contributed by atoms with Gasteiger partial charge < -0.3 is 4.90 Å². The van der Waals surface area contributed by atoms with Gasteiger partial charge in [0, 0.05) is 46.8 Å². The van der Waals surface area contributed by atoms with Gasteiger partial charge in [0.1, 0.15) is 0 Å². The lowest BCUT2D eigenvalue weighted by Gasteiger charge is -2.38. The first-order chi connectivity index (χ1) is 46.4. The van der Waals surface area contributed by atoms with Gasteiger partial charge in [0.2, 0.25) is 0 Å². The molecule has 8 aromatic carbocycles. The van der Waals surface area contributed by atoms with Crippen LogP contribution in [0.1, 0.15) is 158 Å². The van der Waals surface area contributed by atoms with E-state index in [4.69, 9.17) is 9.98 Å². The Labute approximate surface area is 570 Å². The summed E-state index contributed by atoms with van der Waals surface area (Å²) >= 11 is 0. The van der Waals surface area contributed by atoms with Crippen LogP contribution in [0.5, 0.6) is 0 Å². The van der Waals surface area contributed by atoms with Crippen LogP contribution >= 0.6 is 0 Å². The van der Waals surface area contributed by atoms with E-state index in [2.05, 4.69) is 286 Å². The van der Waals surface area contributed by atoms with Gasteiger partial charge >= 0.3 is 0 Å². The SMILES string of the molecule is C=C/C(=C\C(=C)c1ccccc1)c1cccc(-c2ccc(C)c(-c3ccc(-c4ccccc4)cn3)c2)c1.C=C/C(C)=C(C1=NC2=C(c3ccc4ccccc4c3)C=C(c3cc(-c4cccc(CCCCCCCC)c4)ccc3C(CC)CCC)N(C)C2C=C1)\C(C)=C/C.CC. The number of nitrogens with zero attached hydrogens (tertiary/aromatic N) is 3. The molecule has 0 radical (unpaired) electrons. The summed E-state index contributed by atoms with van der Waals surface area (Å²) in [6.07, 6.45) is 29.6. The molecule has 3 nitrogen and oxygen atoms in total. The van der Waals surface area contributed by atoms with Crippen molar-refractivity contribution in [2.75, 3.05) is 7.05 Å². The van der Waals surface area contributed by atoms with Gasteiger partial charge in [-0.2, -0.15) is 0 Å². The molecule has 95 heavy (non-hydrogen) atoms. The van der Waals surface area contributed by atoms with Crippen LogP contribution in [-0.2, 0) is 6.42 Å². The number of aromatic nitrogens is 1. The topological polar surface area (TPSA) is 28.5 Å². The van der Waals surface area contributed by atoms with Crippen molar-refractivity contribution in [2.45, 2.75) is 138 Å². The molecule has 2 atom stereocenters. The minimum atomic E-state index is -0.0140. The molecule has 2 aliphatic rings. The van der Waals surface area contributed by atoms with Crippen LogP contribution in [0.2, 0.25) is 0 Å². The molecule has 0 spiro atoms. The third kappa shape index (κ3) is 17.2. The van der Waals surface area contributed by atoms with Crippen molar-refractivity contribution in [1.29, 1.82) is 0 Å². The van der Waals surface area contributed by atoms with E-state index in [1.165, 1.54) is 117 Å². The largest absolute Gasteiger partial charge is 0.362 e. The van der Waals surface area contributed by atoms with Gasteiger partial charge in [0.15, 0.2) is 0 Å². The Morgan fingerprint density at radius 1 is 0.589 bits per heavy atom. The molecule has 0 N–H and O–H groups in total. The van der Waals surface area contributed by atoms with Gasteiger partial charge in [-0.25, -0.2) is 4.99 Å². The fraction of sp³-hybridized carbons (Fsp3) is 0.239. The summed E-state index contributed by atoms with van der Waals surface area (Å²) in [4.78, 5) is 12.8. The van der Waals surface area contributed by atoms with Crippen molar-refractivity contribution >= 4 is 38.9 Å². The van der Waals surface area contributed by atoms with Gasteiger partial charge in [-0.15, -0.1) is 0 Å². The monoisotopic (exact) mass is 1250 g/mol. The van der Waals surface area contributed by atoms with Gasteiger partial charge in [0.05, 0.1) is 23.1 Å². The number of rotatable bonds is 24. The average Bonchev–Trinajstić information content (AvgIpc) is 0.749. The maximum absolute atomic E-state index is 5.56. The number of benzene rings is 8. The molecule has 0 aliphatic carbocycles. The zero-order valence-electron chi connectivity index (χ0n) is 58.4. The van der Waals surface area contributed by atoms with Crippen molar-refractivity contribution in [3.05, 3.63) is 330 Å². The molecule has 0 bridgehead atoms. The Balaban J connectivity index is 0.000000235. The van der Waals surface area contributed by atoms with Crippen LogP contribution in [0.25, 0.3) is 77.8 Å². The van der Waals surface area contributed by atoms with E-state index in [-0.39, 0.29) is 6.04 Å². The molecule has 482 valence electrons. The number of allylic oxidation sites excluding steroid dienone is 12. The molecule has 1 aromatic heterocycles. The molecular weight excluding hydrogens is 1150 g/mol. The Morgan fingerprint density at radius 3 is 1.92 bits per heavy atom. The molecule has 3 heterocycles. The molecule has 0 saturated carbocycles. The van der Waals surface area contributed by atoms with Crippen LogP contribution in [0.15, 0.2) is 296 Å². The highest BCUT2D eigenvalue weighted by atomic mass is 15.2. The Bertz CT molecular complexity index is 4350. The number of aliphatic imine (C=N–C) groups is 1. The molecule has 0 fully saturated rings. The van der Waals surface area contributed by atoms with E-state index in [9.17, 15) is 0 Å². The summed E-state index contributed by atoms with van der Waals surface area (Å²) < 4.78 is 0. The summed E-state index contributed by atoms with van der Waals surface area (Å²) in [7, 11) is 2.26. The summed E-state index contributed by atoms with van der Waals surface area (Å²) in [5.41, 5.74) is 28.1. The van der Waals surface area contributed by atoms with Crippen LogP contribution in [-0.4, -0.2) is 28.7 Å². The van der Waals surface area contributed by atoms with E-state index in [0.29, 0.717) is 5.92 Å². The van der Waals surface area contributed by atoms with Gasteiger partial charge in [-0.3, -0.25) is 4.98 Å². The van der Waals surface area contributed by atoms with Gasteiger partial charge in [-0.05, 0) is 202 Å². The molecule has 2 unspecified atom stereocenters. The van der Waals surface area contributed by atoms with Crippen molar-refractivity contribution in [3.8, 4) is 44.6 Å². The lowest BCUT2D eigenvalue weighted by Crippen LogP contribution is -2.35. The number of aryl methyl sites for hydroxylation is 2. The average molecular weight is 1250 g/mol. The molecular formula is C92H99N3. The fourth-order valence-corrected chi connectivity index (χ4v) is 13.2. The van der Waals surface area contributed by atoms with Crippen LogP contribution in [0.3, 0.4) is 0 Å². The highest BCUT2D eigenvalue weighted by Gasteiger charge is 2.33. The smallest absolute Gasteiger partial charge is 0.0904 e. The number of unbranched alkanes of at least 4 members (excludes halogenated alkanes) is 5. The van der Waals surface area contributed by atoms with Gasteiger partial charge in [-0.1, -0.05) is 287 Å². The molecule has 9 aromatic rings. The summed E-state index contributed by atoms with van der Waals surface area (Å²) in [6, 6.07) is 72.2. The van der Waals surface area contributed by atoms with Crippen LogP contribution in [0, 0.1) is 6.92 Å². The second kappa shape index (κ2) is 34.5. The third-order valence-electron chi connectivity index (χ3n) is 18.7. The third-order valence-corrected chi connectivity index (χ3v) is 18.7. The lowest BCUT2D eigenvalue weighted by molar-refractivity contribution is 0.437. The first kappa shape index (κ1) is 69.6. The quantitative estimate of drug-likeness (QED) is 0.0446. The number of dihydropyridines is 1. The molecule has 0 saturated heterocycles. The van der Waals surface area contributed by atoms with E-state index in [0.717, 1.165) is 92.0 Å². The normalized spacial score (nSPS) is 14.3. The van der Waals surface area contributed by atoms with Crippen molar-refractivity contribution in [1.82, 2.24) is 9.88 Å². The molecule has 11 rings (SSSR count). The minimum absolute atomic E-state index is 0.0140. The second-order valence-electron chi connectivity index (χ2n) is 25.1. The van der Waals surface area contributed by atoms with Crippen molar-refractivity contribution in [3.63, 3.8) is 0 Å². The Kier molecular flexibility index (Phi) is 25.3. The molecule has 3 heteroatoms. The number of hydrogen-bond acceptors (Lipinski definition) is 3. The van der Waals surface area contributed by atoms with E-state index < -0.39 is 0 Å². The highest BCUT2D eigenvalue weighted by Crippen LogP contribution is 2.44. The van der Waals surface area contributed by atoms with E-state index in [1.54, 1.807) is 0 Å².